The van der Waals surface area contributed by atoms with E-state index in [1.807, 2.05) is 0 Å². The summed E-state index contributed by atoms with van der Waals surface area (Å²) in [7, 11) is 0. The average molecular weight is 844 g/mol. The van der Waals surface area contributed by atoms with Crippen molar-refractivity contribution in [1.82, 2.24) is 0 Å². The summed E-state index contributed by atoms with van der Waals surface area (Å²) in [4.78, 5) is 2.39. The van der Waals surface area contributed by atoms with Crippen LogP contribution in [-0.4, -0.2) is 0 Å². The summed E-state index contributed by atoms with van der Waals surface area (Å²) in [5.41, 5.74) is 22.0. The van der Waals surface area contributed by atoms with Gasteiger partial charge in [-0.3, -0.25) is 0 Å². The highest BCUT2D eigenvalue weighted by atomic mass is 16.3. The molecular weight excluding hydrogens is 799 g/mol. The summed E-state index contributed by atoms with van der Waals surface area (Å²) in [6, 6.07) is 86.6. The van der Waals surface area contributed by atoms with Gasteiger partial charge in [-0.1, -0.05) is 202 Å². The van der Waals surface area contributed by atoms with Crippen molar-refractivity contribution < 1.29 is 4.42 Å². The fourth-order valence-electron chi connectivity index (χ4n) is 11.5. The summed E-state index contributed by atoms with van der Waals surface area (Å²) >= 11 is 0. The van der Waals surface area contributed by atoms with E-state index in [9.17, 15) is 0 Å². The molecule has 0 saturated heterocycles. The Balaban J connectivity index is 0.937. The van der Waals surface area contributed by atoms with Crippen LogP contribution in [0, 0.1) is 0 Å². The van der Waals surface area contributed by atoms with Gasteiger partial charge in [0.25, 0.3) is 0 Å². The first kappa shape index (κ1) is 38.3. The normalized spacial score (nSPS) is 13.8. The maximum Gasteiger partial charge on any atom is 0.143 e. The Morgan fingerprint density at radius 1 is 0.333 bits per heavy atom. The Hall–Kier alpha value is -8.20. The zero-order valence-corrected chi connectivity index (χ0v) is 36.9. The number of hydrogen-bond acceptors (Lipinski definition) is 2. The molecule has 312 valence electrons. The Bertz CT molecular complexity index is 3600. The molecule has 11 aromatic rings. The van der Waals surface area contributed by atoms with Crippen LogP contribution in [0.15, 0.2) is 241 Å². The SMILES string of the molecule is CC1(C)c2ccccc2-c2ccc(N(c3ccc(-c4ccccc4)cc3)c3ccc(-c4cccc5c4oc4cc6c(cc45)-c4ccccc4C6(c4ccccc4)c4ccccc4)cc3)cc21. The van der Waals surface area contributed by atoms with Gasteiger partial charge in [0.1, 0.15) is 11.2 Å². The Morgan fingerprint density at radius 3 is 1.52 bits per heavy atom. The standard InChI is InChI=1S/C64H45NO/c1-63(2)57-27-14-12-23-51(57)53-38-37-49(39-59(53)63)65(47-33-29-43(30-34-47)42-17-6-3-7-18-42)48-35-31-44(32-36-48)50-25-16-26-54-56-40-55-52-24-13-15-28-58(52)64(45-19-8-4-9-20-45,46-21-10-5-11-22-46)60(55)41-61(56)66-62(50)54/h3-41H,1-2H3. The van der Waals surface area contributed by atoms with Gasteiger partial charge in [-0.25, -0.2) is 0 Å². The highest BCUT2D eigenvalue weighted by molar-refractivity contribution is 6.12. The second-order valence-corrected chi connectivity index (χ2v) is 18.4. The van der Waals surface area contributed by atoms with Gasteiger partial charge in [0.2, 0.25) is 0 Å². The maximum atomic E-state index is 7.07. The smallest absolute Gasteiger partial charge is 0.143 e. The monoisotopic (exact) mass is 843 g/mol. The first-order valence-corrected chi connectivity index (χ1v) is 23.0. The maximum absolute atomic E-state index is 7.07. The predicted octanol–water partition coefficient (Wildman–Crippen LogP) is 17.1. The van der Waals surface area contributed by atoms with Gasteiger partial charge in [-0.05, 0) is 121 Å². The number of nitrogens with zero attached hydrogens (tertiary/aromatic N) is 1. The Kier molecular flexibility index (Phi) is 8.51. The number of anilines is 3. The summed E-state index contributed by atoms with van der Waals surface area (Å²) in [6.45, 7) is 4.70. The lowest BCUT2D eigenvalue weighted by Gasteiger charge is -2.33. The Morgan fingerprint density at radius 2 is 0.848 bits per heavy atom. The third kappa shape index (κ3) is 5.61. The highest BCUT2D eigenvalue weighted by Gasteiger charge is 2.46. The van der Waals surface area contributed by atoms with Gasteiger partial charge in [-0.15, -0.1) is 0 Å². The molecule has 10 aromatic carbocycles. The van der Waals surface area contributed by atoms with Crippen LogP contribution in [0.5, 0.6) is 0 Å². The van der Waals surface area contributed by atoms with Gasteiger partial charge >= 0.3 is 0 Å². The first-order chi connectivity index (χ1) is 32.5. The van der Waals surface area contributed by atoms with Crippen LogP contribution in [0.1, 0.15) is 47.2 Å². The summed E-state index contributed by atoms with van der Waals surface area (Å²) < 4.78 is 7.07. The zero-order valence-electron chi connectivity index (χ0n) is 36.9. The minimum absolute atomic E-state index is 0.117. The second-order valence-electron chi connectivity index (χ2n) is 18.4. The minimum Gasteiger partial charge on any atom is -0.455 e. The van der Waals surface area contributed by atoms with E-state index in [4.69, 9.17) is 4.42 Å². The van der Waals surface area contributed by atoms with Gasteiger partial charge in [-0.2, -0.15) is 0 Å². The molecule has 0 unspecified atom stereocenters. The largest absolute Gasteiger partial charge is 0.455 e. The molecule has 1 aromatic heterocycles. The van der Waals surface area contributed by atoms with Crippen LogP contribution < -0.4 is 4.90 Å². The van der Waals surface area contributed by atoms with E-state index >= 15 is 0 Å². The van der Waals surface area contributed by atoms with Crippen molar-refractivity contribution in [2.75, 3.05) is 4.90 Å². The molecule has 0 aliphatic heterocycles. The minimum atomic E-state index is -0.493. The number of furan rings is 1. The fourth-order valence-corrected chi connectivity index (χ4v) is 11.5. The van der Waals surface area contributed by atoms with E-state index in [-0.39, 0.29) is 5.41 Å². The third-order valence-electron chi connectivity index (χ3n) is 14.6. The molecule has 0 N–H and O–H groups in total. The first-order valence-electron chi connectivity index (χ1n) is 23.0. The fraction of sp³-hybridized carbons (Fsp3) is 0.0625. The number of hydrogen-bond donors (Lipinski definition) is 0. The number of fused-ring (bicyclic) bond motifs is 9. The van der Waals surface area contributed by atoms with Crippen LogP contribution in [0.2, 0.25) is 0 Å². The molecular formula is C64H45NO. The van der Waals surface area contributed by atoms with Crippen LogP contribution >= 0.6 is 0 Å². The summed E-state index contributed by atoms with van der Waals surface area (Å²) in [6.07, 6.45) is 0. The molecule has 2 aliphatic carbocycles. The molecule has 0 fully saturated rings. The van der Waals surface area contributed by atoms with Crippen LogP contribution in [0.25, 0.3) is 66.4 Å². The number of rotatable bonds is 7. The van der Waals surface area contributed by atoms with Gasteiger partial charge in [0.15, 0.2) is 0 Å². The van der Waals surface area contributed by atoms with Crippen LogP contribution in [0.3, 0.4) is 0 Å². The van der Waals surface area contributed by atoms with Crippen molar-refractivity contribution in [3.8, 4) is 44.5 Å². The summed E-state index contributed by atoms with van der Waals surface area (Å²) in [5.74, 6) is 0. The Labute approximate surface area is 385 Å². The average Bonchev–Trinajstić information content (AvgIpc) is 3.97. The van der Waals surface area contributed by atoms with Gasteiger partial charge in [0, 0.05) is 38.8 Å². The van der Waals surface area contributed by atoms with Gasteiger partial charge in [0.05, 0.1) is 5.41 Å². The van der Waals surface area contributed by atoms with E-state index in [1.165, 1.54) is 66.8 Å². The van der Waals surface area contributed by atoms with Crippen molar-refractivity contribution >= 4 is 39.0 Å². The van der Waals surface area contributed by atoms with E-state index < -0.39 is 5.41 Å². The molecule has 2 aliphatic rings. The molecule has 0 amide bonds. The lowest BCUT2D eigenvalue weighted by atomic mass is 9.67. The van der Waals surface area contributed by atoms with E-state index in [0.29, 0.717) is 0 Å². The lowest BCUT2D eigenvalue weighted by Crippen LogP contribution is -2.28. The van der Waals surface area contributed by atoms with E-state index in [2.05, 4.69) is 255 Å². The van der Waals surface area contributed by atoms with Gasteiger partial charge < -0.3 is 9.32 Å². The molecule has 13 rings (SSSR count). The van der Waals surface area contributed by atoms with Crippen molar-refractivity contribution in [2.24, 2.45) is 0 Å². The summed E-state index contributed by atoms with van der Waals surface area (Å²) in [5, 5.41) is 2.24. The molecule has 0 atom stereocenters. The van der Waals surface area contributed by atoms with Crippen molar-refractivity contribution in [1.29, 1.82) is 0 Å². The molecule has 2 heteroatoms. The number of para-hydroxylation sites is 1. The molecule has 0 saturated carbocycles. The topological polar surface area (TPSA) is 16.4 Å². The molecule has 66 heavy (non-hydrogen) atoms. The second kappa shape index (κ2) is 14.7. The molecule has 0 spiro atoms. The van der Waals surface area contributed by atoms with Crippen molar-refractivity contribution in [3.63, 3.8) is 0 Å². The molecule has 1 heterocycles. The number of benzene rings is 10. The van der Waals surface area contributed by atoms with Crippen molar-refractivity contribution in [2.45, 2.75) is 24.7 Å². The third-order valence-corrected chi connectivity index (χ3v) is 14.6. The zero-order chi connectivity index (χ0) is 44.0. The van der Waals surface area contributed by atoms with Crippen LogP contribution in [0.4, 0.5) is 17.1 Å². The predicted molar refractivity (Wildman–Crippen MR) is 274 cm³/mol. The van der Waals surface area contributed by atoms with Crippen molar-refractivity contribution in [3.05, 3.63) is 270 Å². The highest BCUT2D eigenvalue weighted by Crippen LogP contribution is 2.58. The lowest BCUT2D eigenvalue weighted by molar-refractivity contribution is 0.660. The molecule has 0 bridgehead atoms. The van der Waals surface area contributed by atoms with E-state index in [0.717, 1.165) is 50.1 Å². The quantitative estimate of drug-likeness (QED) is 0.159. The van der Waals surface area contributed by atoms with E-state index in [1.54, 1.807) is 0 Å². The molecule has 0 radical (unpaired) electrons. The van der Waals surface area contributed by atoms with Crippen LogP contribution in [-0.2, 0) is 10.8 Å². The molecule has 2 nitrogen and oxygen atoms in total.